The Bertz CT molecular complexity index is 393. The molecular formula is C10H13N3O3. The maximum absolute atomic E-state index is 10.9. The van der Waals surface area contributed by atoms with Crippen LogP contribution in [0, 0.1) is 0 Å². The van der Waals surface area contributed by atoms with Crippen molar-refractivity contribution in [2.24, 2.45) is 0 Å². The molecule has 0 aliphatic heterocycles. The Morgan fingerprint density at radius 1 is 1.44 bits per heavy atom. The van der Waals surface area contributed by atoms with Crippen molar-refractivity contribution in [3.05, 3.63) is 23.9 Å². The van der Waals surface area contributed by atoms with E-state index in [0.717, 1.165) is 0 Å². The van der Waals surface area contributed by atoms with Crippen molar-refractivity contribution in [2.45, 2.75) is 6.42 Å². The number of carbonyl (C=O) groups is 2. The average molecular weight is 223 g/mol. The second kappa shape index (κ2) is 5.69. The number of carboxylic acid groups (broad SMARTS) is 1. The zero-order valence-corrected chi connectivity index (χ0v) is 8.86. The SMILES string of the molecule is CNC(=O)CCNc1cccc(C(=O)O)n1. The standard InChI is InChI=1S/C10H13N3O3/c1-11-9(14)5-6-12-8-4-2-3-7(13-8)10(15)16/h2-4H,5-6H2,1H3,(H,11,14)(H,12,13)(H,15,16). The van der Waals surface area contributed by atoms with E-state index in [9.17, 15) is 9.59 Å². The number of hydrogen-bond acceptors (Lipinski definition) is 4. The third-order valence-corrected chi connectivity index (χ3v) is 1.91. The number of nitrogens with zero attached hydrogens (tertiary/aromatic N) is 1. The molecule has 1 rings (SSSR count). The lowest BCUT2D eigenvalue weighted by Gasteiger charge is -2.05. The summed E-state index contributed by atoms with van der Waals surface area (Å²) < 4.78 is 0. The number of carbonyl (C=O) groups excluding carboxylic acids is 1. The quantitative estimate of drug-likeness (QED) is 0.669. The Hall–Kier alpha value is -2.11. The number of aromatic carboxylic acids is 1. The summed E-state index contributed by atoms with van der Waals surface area (Å²) in [5.41, 5.74) is -0.0232. The fourth-order valence-corrected chi connectivity index (χ4v) is 1.08. The first-order valence-corrected chi connectivity index (χ1v) is 4.78. The lowest BCUT2D eigenvalue weighted by molar-refractivity contribution is -0.120. The van der Waals surface area contributed by atoms with E-state index in [2.05, 4.69) is 15.6 Å². The third kappa shape index (κ3) is 3.56. The van der Waals surface area contributed by atoms with E-state index in [0.29, 0.717) is 18.8 Å². The number of hydrogen-bond donors (Lipinski definition) is 3. The summed E-state index contributed by atoms with van der Waals surface area (Å²) in [6.45, 7) is 0.412. The van der Waals surface area contributed by atoms with Crippen molar-refractivity contribution in [3.63, 3.8) is 0 Å². The Balaban J connectivity index is 2.51. The molecule has 6 nitrogen and oxygen atoms in total. The largest absolute Gasteiger partial charge is 0.477 e. The summed E-state index contributed by atoms with van der Waals surface area (Å²) in [5.74, 6) is -0.708. The molecular weight excluding hydrogens is 210 g/mol. The van der Waals surface area contributed by atoms with Gasteiger partial charge in [-0.15, -0.1) is 0 Å². The second-order valence-electron chi connectivity index (χ2n) is 3.06. The van der Waals surface area contributed by atoms with Gasteiger partial charge < -0.3 is 15.7 Å². The summed E-state index contributed by atoms with van der Waals surface area (Å²) in [6.07, 6.45) is 0.315. The molecule has 86 valence electrons. The van der Waals surface area contributed by atoms with Gasteiger partial charge in [0.2, 0.25) is 5.91 Å². The second-order valence-corrected chi connectivity index (χ2v) is 3.06. The first-order valence-electron chi connectivity index (χ1n) is 4.78. The van der Waals surface area contributed by atoms with E-state index in [1.54, 1.807) is 19.2 Å². The molecule has 0 fully saturated rings. The van der Waals surface area contributed by atoms with Crippen LogP contribution in [-0.2, 0) is 4.79 Å². The molecule has 0 saturated heterocycles. The molecule has 0 aromatic carbocycles. The van der Waals surface area contributed by atoms with Gasteiger partial charge in [-0.2, -0.15) is 0 Å². The number of aromatic nitrogens is 1. The van der Waals surface area contributed by atoms with Crippen molar-refractivity contribution in [3.8, 4) is 0 Å². The first-order chi connectivity index (χ1) is 7.63. The third-order valence-electron chi connectivity index (χ3n) is 1.91. The van der Waals surface area contributed by atoms with Gasteiger partial charge in [0.05, 0.1) is 0 Å². The highest BCUT2D eigenvalue weighted by Gasteiger charge is 2.04. The highest BCUT2D eigenvalue weighted by molar-refractivity contribution is 5.85. The number of anilines is 1. The van der Waals surface area contributed by atoms with Gasteiger partial charge in [0, 0.05) is 20.0 Å². The van der Waals surface area contributed by atoms with Gasteiger partial charge in [0.15, 0.2) is 5.69 Å². The number of nitrogens with one attached hydrogen (secondary N) is 2. The van der Waals surface area contributed by atoms with Gasteiger partial charge in [-0.05, 0) is 12.1 Å². The van der Waals surface area contributed by atoms with E-state index in [1.165, 1.54) is 6.07 Å². The van der Waals surface area contributed by atoms with Crippen molar-refractivity contribution in [1.29, 1.82) is 0 Å². The predicted octanol–water partition coefficient (Wildman–Crippen LogP) is 0.328. The lowest BCUT2D eigenvalue weighted by Crippen LogP contribution is -2.21. The van der Waals surface area contributed by atoms with E-state index < -0.39 is 5.97 Å². The van der Waals surface area contributed by atoms with Crippen LogP contribution in [0.1, 0.15) is 16.9 Å². The molecule has 1 heterocycles. The summed E-state index contributed by atoms with van der Waals surface area (Å²) in [5, 5.41) is 14.1. The van der Waals surface area contributed by atoms with Crippen LogP contribution in [0.25, 0.3) is 0 Å². The molecule has 0 aliphatic rings. The zero-order chi connectivity index (χ0) is 12.0. The number of carboxylic acids is 1. The van der Waals surface area contributed by atoms with Crippen LogP contribution in [0.2, 0.25) is 0 Å². The van der Waals surface area contributed by atoms with Crippen LogP contribution < -0.4 is 10.6 Å². The average Bonchev–Trinajstić information content (AvgIpc) is 2.29. The Kier molecular flexibility index (Phi) is 4.26. The Morgan fingerprint density at radius 3 is 2.81 bits per heavy atom. The van der Waals surface area contributed by atoms with Crippen LogP contribution in [0.5, 0.6) is 0 Å². The van der Waals surface area contributed by atoms with Crippen LogP contribution in [0.3, 0.4) is 0 Å². The maximum Gasteiger partial charge on any atom is 0.354 e. The molecule has 6 heteroatoms. The molecule has 0 radical (unpaired) electrons. The molecule has 3 N–H and O–H groups in total. The number of pyridine rings is 1. The molecule has 1 aromatic rings. The zero-order valence-electron chi connectivity index (χ0n) is 8.86. The van der Waals surface area contributed by atoms with Gasteiger partial charge in [0.25, 0.3) is 0 Å². The van der Waals surface area contributed by atoms with Crippen molar-refractivity contribution in [1.82, 2.24) is 10.3 Å². The number of amides is 1. The van der Waals surface area contributed by atoms with E-state index in [-0.39, 0.29) is 11.6 Å². The van der Waals surface area contributed by atoms with E-state index >= 15 is 0 Å². The van der Waals surface area contributed by atoms with Gasteiger partial charge in [-0.3, -0.25) is 4.79 Å². The lowest BCUT2D eigenvalue weighted by atomic mass is 10.3. The fraction of sp³-hybridized carbons (Fsp3) is 0.300. The first kappa shape index (κ1) is 12.0. The minimum Gasteiger partial charge on any atom is -0.477 e. The molecule has 0 bridgehead atoms. The van der Waals surface area contributed by atoms with Crippen LogP contribution in [0.15, 0.2) is 18.2 Å². The normalized spacial score (nSPS) is 9.56. The fourth-order valence-electron chi connectivity index (χ4n) is 1.08. The van der Waals surface area contributed by atoms with Gasteiger partial charge in [-0.25, -0.2) is 9.78 Å². The number of rotatable bonds is 5. The molecule has 0 unspecified atom stereocenters. The summed E-state index contributed by atoms with van der Waals surface area (Å²) in [6, 6.07) is 4.65. The van der Waals surface area contributed by atoms with Gasteiger partial charge >= 0.3 is 5.97 Å². The summed E-state index contributed by atoms with van der Waals surface area (Å²) in [4.78, 5) is 25.4. The maximum atomic E-state index is 10.9. The molecule has 1 amide bonds. The van der Waals surface area contributed by atoms with Crippen molar-refractivity contribution in [2.75, 3.05) is 18.9 Å². The highest BCUT2D eigenvalue weighted by Crippen LogP contribution is 2.04. The van der Waals surface area contributed by atoms with Gasteiger partial charge in [-0.1, -0.05) is 6.07 Å². The van der Waals surface area contributed by atoms with E-state index in [1.807, 2.05) is 0 Å². The van der Waals surface area contributed by atoms with Crippen molar-refractivity contribution < 1.29 is 14.7 Å². The smallest absolute Gasteiger partial charge is 0.354 e. The molecule has 0 saturated carbocycles. The molecule has 1 aromatic heterocycles. The highest BCUT2D eigenvalue weighted by atomic mass is 16.4. The molecule has 0 atom stereocenters. The summed E-state index contributed by atoms with van der Waals surface area (Å²) in [7, 11) is 1.56. The van der Waals surface area contributed by atoms with Crippen LogP contribution in [-0.4, -0.2) is 35.6 Å². The summed E-state index contributed by atoms with van der Waals surface area (Å²) >= 11 is 0. The molecule has 0 spiro atoms. The van der Waals surface area contributed by atoms with Crippen LogP contribution >= 0.6 is 0 Å². The monoisotopic (exact) mass is 223 g/mol. The Morgan fingerprint density at radius 2 is 2.19 bits per heavy atom. The Labute approximate surface area is 92.7 Å². The predicted molar refractivity (Wildman–Crippen MR) is 58.4 cm³/mol. The van der Waals surface area contributed by atoms with Crippen LogP contribution in [0.4, 0.5) is 5.82 Å². The minimum absolute atomic E-state index is 0.0232. The van der Waals surface area contributed by atoms with E-state index in [4.69, 9.17) is 5.11 Å². The van der Waals surface area contributed by atoms with Gasteiger partial charge in [0.1, 0.15) is 5.82 Å². The minimum atomic E-state index is -1.07. The topological polar surface area (TPSA) is 91.3 Å². The molecule has 0 aliphatic carbocycles. The van der Waals surface area contributed by atoms with Crippen molar-refractivity contribution >= 4 is 17.7 Å². The molecule has 16 heavy (non-hydrogen) atoms.